The van der Waals surface area contributed by atoms with Crippen LogP contribution in [0.1, 0.15) is 32.1 Å². The van der Waals surface area contributed by atoms with Gasteiger partial charge in [-0.1, -0.05) is 0 Å². The lowest BCUT2D eigenvalue weighted by Crippen LogP contribution is -2.22. The van der Waals surface area contributed by atoms with Crippen molar-refractivity contribution in [2.45, 2.75) is 38.4 Å². The second-order valence-corrected chi connectivity index (χ2v) is 3.67. The number of halogens is 1. The molecule has 0 aromatic rings. The summed E-state index contributed by atoms with van der Waals surface area (Å²) < 4.78 is 23.2. The van der Waals surface area contributed by atoms with E-state index < -0.39 is 11.8 Å². The van der Waals surface area contributed by atoms with Crippen LogP contribution in [0.25, 0.3) is 0 Å². The van der Waals surface area contributed by atoms with Crippen molar-refractivity contribution >= 4 is 5.97 Å². The summed E-state index contributed by atoms with van der Waals surface area (Å²) in [5.74, 6) is -2.62. The van der Waals surface area contributed by atoms with Crippen LogP contribution in [0, 0.1) is 0 Å². The van der Waals surface area contributed by atoms with Crippen LogP contribution in [0.2, 0.25) is 0 Å². The fourth-order valence-electron chi connectivity index (χ4n) is 1.46. The summed E-state index contributed by atoms with van der Waals surface area (Å²) in [5, 5.41) is 8.25. The average Bonchev–Trinajstić information content (AvgIpc) is 2.29. The van der Waals surface area contributed by atoms with Gasteiger partial charge in [-0.25, -0.2) is 4.79 Å². The number of aliphatic carboxylic acids is 1. The first-order valence-corrected chi connectivity index (χ1v) is 5.52. The molecule has 0 spiro atoms. The third-order valence-electron chi connectivity index (χ3n) is 2.32. The third-order valence-corrected chi connectivity index (χ3v) is 2.32. The normalized spacial score (nSPS) is 22.1. The number of carboxylic acid groups (broad SMARTS) is 1. The average molecular weight is 232 g/mol. The van der Waals surface area contributed by atoms with Crippen molar-refractivity contribution in [1.82, 2.24) is 0 Å². The highest BCUT2D eigenvalue weighted by atomic mass is 19.1. The Morgan fingerprint density at radius 3 is 3.00 bits per heavy atom. The lowest BCUT2D eigenvalue weighted by Gasteiger charge is -2.22. The number of hydrogen-bond acceptors (Lipinski definition) is 3. The number of rotatable bonds is 6. The number of carboxylic acids is 1. The molecule has 0 saturated carbocycles. The zero-order chi connectivity index (χ0) is 11.8. The molecule has 5 heteroatoms. The maximum atomic E-state index is 12.5. The summed E-state index contributed by atoms with van der Waals surface area (Å²) in [5.41, 5.74) is 0. The van der Waals surface area contributed by atoms with Gasteiger partial charge in [-0.05, 0) is 38.2 Å². The standard InChI is InChI=1S/C11H17FO4/c12-9(11(13)14)5-1-3-7-15-10-6-2-4-8-16-10/h5,10H,1-4,6-8H2,(H,13,14)/b9-5+. The molecule has 0 aliphatic carbocycles. The largest absolute Gasteiger partial charge is 0.476 e. The second-order valence-electron chi connectivity index (χ2n) is 3.67. The predicted molar refractivity (Wildman–Crippen MR) is 55.6 cm³/mol. The van der Waals surface area contributed by atoms with Crippen LogP contribution in [-0.2, 0) is 14.3 Å². The van der Waals surface area contributed by atoms with Crippen molar-refractivity contribution in [3.05, 3.63) is 11.9 Å². The van der Waals surface area contributed by atoms with E-state index in [-0.39, 0.29) is 6.29 Å². The molecule has 1 heterocycles. The Labute approximate surface area is 94.0 Å². The van der Waals surface area contributed by atoms with Gasteiger partial charge in [-0.3, -0.25) is 0 Å². The van der Waals surface area contributed by atoms with Crippen LogP contribution in [0.15, 0.2) is 11.9 Å². The summed E-state index contributed by atoms with van der Waals surface area (Å²) in [6.45, 7) is 1.20. The maximum absolute atomic E-state index is 12.5. The number of hydrogen-bond donors (Lipinski definition) is 1. The fourth-order valence-corrected chi connectivity index (χ4v) is 1.46. The monoisotopic (exact) mass is 232 g/mol. The molecule has 1 atom stereocenters. The van der Waals surface area contributed by atoms with Gasteiger partial charge in [0.1, 0.15) is 0 Å². The molecule has 0 amide bonds. The quantitative estimate of drug-likeness (QED) is 0.563. The van der Waals surface area contributed by atoms with Gasteiger partial charge >= 0.3 is 5.97 Å². The van der Waals surface area contributed by atoms with Crippen LogP contribution in [0.4, 0.5) is 4.39 Å². The van der Waals surface area contributed by atoms with Crippen molar-refractivity contribution in [2.24, 2.45) is 0 Å². The van der Waals surface area contributed by atoms with E-state index in [1.807, 2.05) is 0 Å². The molecule has 1 aliphatic rings. The van der Waals surface area contributed by atoms with Crippen LogP contribution in [0.3, 0.4) is 0 Å². The van der Waals surface area contributed by atoms with Crippen molar-refractivity contribution in [2.75, 3.05) is 13.2 Å². The van der Waals surface area contributed by atoms with E-state index in [1.165, 1.54) is 0 Å². The molecule has 1 rings (SSSR count). The highest BCUT2D eigenvalue weighted by molar-refractivity contribution is 5.83. The Kier molecular flexibility index (Phi) is 6.03. The third kappa shape index (κ3) is 5.23. The Bertz CT molecular complexity index is 246. The van der Waals surface area contributed by atoms with Gasteiger partial charge in [0.05, 0.1) is 6.61 Å². The van der Waals surface area contributed by atoms with Crippen molar-refractivity contribution in [3.63, 3.8) is 0 Å². The lowest BCUT2D eigenvalue weighted by molar-refractivity contribution is -0.162. The minimum Gasteiger partial charge on any atom is -0.476 e. The Morgan fingerprint density at radius 2 is 2.38 bits per heavy atom. The molecular formula is C11H17FO4. The minimum absolute atomic E-state index is 0.137. The first-order chi connectivity index (χ1) is 7.70. The van der Waals surface area contributed by atoms with Crippen molar-refractivity contribution < 1.29 is 23.8 Å². The van der Waals surface area contributed by atoms with Gasteiger partial charge in [0, 0.05) is 6.61 Å². The van der Waals surface area contributed by atoms with Crippen LogP contribution >= 0.6 is 0 Å². The Balaban J connectivity index is 2.03. The van der Waals surface area contributed by atoms with E-state index in [1.54, 1.807) is 0 Å². The summed E-state index contributed by atoms with van der Waals surface area (Å²) in [6, 6.07) is 0. The molecular weight excluding hydrogens is 215 g/mol. The molecule has 1 unspecified atom stereocenters. The van der Waals surface area contributed by atoms with Gasteiger partial charge in [-0.2, -0.15) is 4.39 Å². The predicted octanol–water partition coefficient (Wildman–Crippen LogP) is 2.25. The molecule has 1 N–H and O–H groups in total. The maximum Gasteiger partial charge on any atom is 0.364 e. The first-order valence-electron chi connectivity index (χ1n) is 5.52. The van der Waals surface area contributed by atoms with Gasteiger partial charge in [-0.15, -0.1) is 0 Å². The van der Waals surface area contributed by atoms with E-state index in [2.05, 4.69) is 0 Å². The van der Waals surface area contributed by atoms with Crippen LogP contribution < -0.4 is 0 Å². The van der Waals surface area contributed by atoms with Gasteiger partial charge in [0.2, 0.25) is 5.83 Å². The van der Waals surface area contributed by atoms with Gasteiger partial charge < -0.3 is 14.6 Å². The smallest absolute Gasteiger partial charge is 0.364 e. The Morgan fingerprint density at radius 1 is 1.56 bits per heavy atom. The molecule has 16 heavy (non-hydrogen) atoms. The van der Waals surface area contributed by atoms with E-state index in [0.29, 0.717) is 19.4 Å². The molecule has 1 fully saturated rings. The Hall–Kier alpha value is -0.940. The number of unbranched alkanes of at least 4 members (excludes halogenated alkanes) is 1. The van der Waals surface area contributed by atoms with Crippen LogP contribution in [0.5, 0.6) is 0 Å². The summed E-state index contributed by atoms with van der Waals surface area (Å²) in [6.07, 6.45) is 4.98. The van der Waals surface area contributed by atoms with Crippen molar-refractivity contribution in [1.29, 1.82) is 0 Å². The summed E-state index contributed by atoms with van der Waals surface area (Å²) in [4.78, 5) is 10.1. The SMILES string of the molecule is O=C(O)/C(F)=C\CCCOC1CCCCO1. The van der Waals surface area contributed by atoms with E-state index >= 15 is 0 Å². The van der Waals surface area contributed by atoms with E-state index in [4.69, 9.17) is 14.6 Å². The van der Waals surface area contributed by atoms with Gasteiger partial charge in [0.15, 0.2) is 6.29 Å². The van der Waals surface area contributed by atoms with Crippen molar-refractivity contribution in [3.8, 4) is 0 Å². The molecule has 1 saturated heterocycles. The minimum atomic E-state index is -1.52. The lowest BCUT2D eigenvalue weighted by atomic mass is 10.2. The molecule has 4 nitrogen and oxygen atoms in total. The first kappa shape index (κ1) is 13.1. The van der Waals surface area contributed by atoms with E-state index in [0.717, 1.165) is 31.9 Å². The highest BCUT2D eigenvalue weighted by Gasteiger charge is 2.13. The van der Waals surface area contributed by atoms with E-state index in [9.17, 15) is 9.18 Å². The zero-order valence-electron chi connectivity index (χ0n) is 9.15. The molecule has 0 aromatic heterocycles. The summed E-state index contributed by atoms with van der Waals surface area (Å²) in [7, 11) is 0. The molecule has 92 valence electrons. The summed E-state index contributed by atoms with van der Waals surface area (Å²) >= 11 is 0. The topological polar surface area (TPSA) is 55.8 Å². The molecule has 0 aromatic carbocycles. The highest BCUT2D eigenvalue weighted by Crippen LogP contribution is 2.14. The second kappa shape index (κ2) is 7.35. The number of allylic oxidation sites excluding steroid dienone is 1. The molecule has 1 aliphatic heterocycles. The molecule has 0 radical (unpaired) electrons. The number of carbonyl (C=O) groups is 1. The molecule has 0 bridgehead atoms. The zero-order valence-corrected chi connectivity index (χ0v) is 9.15. The fraction of sp³-hybridized carbons (Fsp3) is 0.727. The van der Waals surface area contributed by atoms with Crippen LogP contribution in [-0.4, -0.2) is 30.6 Å². The van der Waals surface area contributed by atoms with Gasteiger partial charge in [0.25, 0.3) is 0 Å². The number of ether oxygens (including phenoxy) is 2.